The van der Waals surface area contributed by atoms with Crippen molar-refractivity contribution in [3.63, 3.8) is 0 Å². The third kappa shape index (κ3) is 2.27. The van der Waals surface area contributed by atoms with Gasteiger partial charge in [-0.2, -0.15) is 0 Å². The first-order valence-corrected chi connectivity index (χ1v) is 6.38. The van der Waals surface area contributed by atoms with Crippen molar-refractivity contribution < 1.29 is 14.3 Å². The molecule has 0 N–H and O–H groups in total. The van der Waals surface area contributed by atoms with E-state index in [4.69, 9.17) is 4.74 Å². The minimum Gasteiger partial charge on any atom is -0.495 e. The minimum atomic E-state index is -0.511. The molecule has 0 radical (unpaired) electrons. The van der Waals surface area contributed by atoms with Gasteiger partial charge in [-0.25, -0.2) is 0 Å². The second-order valence-corrected chi connectivity index (χ2v) is 4.73. The van der Waals surface area contributed by atoms with Crippen molar-refractivity contribution in [2.45, 2.75) is 19.9 Å². The van der Waals surface area contributed by atoms with E-state index in [1.165, 1.54) is 11.8 Å². The van der Waals surface area contributed by atoms with Crippen molar-refractivity contribution in [3.8, 4) is 5.75 Å². The van der Waals surface area contributed by atoms with Crippen LogP contribution in [-0.4, -0.2) is 41.2 Å². The zero-order valence-corrected chi connectivity index (χ0v) is 12.1. The van der Waals surface area contributed by atoms with E-state index in [1.54, 1.807) is 27.1 Å². The van der Waals surface area contributed by atoms with Gasteiger partial charge in [-0.05, 0) is 25.1 Å². The third-order valence-corrected chi connectivity index (χ3v) is 3.59. The lowest BCUT2D eigenvalue weighted by Crippen LogP contribution is -2.39. The number of carbonyl (C=O) groups excluding carboxylic acids is 2. The summed E-state index contributed by atoms with van der Waals surface area (Å²) in [5.41, 5.74) is 1.28. The summed E-state index contributed by atoms with van der Waals surface area (Å²) in [7, 11) is 3.20. The number of likely N-dealkylation sites (N-methyl/N-ethyl adjacent to an activating group) is 1. The molecule has 2 heterocycles. The van der Waals surface area contributed by atoms with Gasteiger partial charge in [0.2, 0.25) is 5.91 Å². The Balaban J connectivity index is 2.48. The van der Waals surface area contributed by atoms with Gasteiger partial charge in [-0.1, -0.05) is 0 Å². The summed E-state index contributed by atoms with van der Waals surface area (Å²) < 4.78 is 7.15. The fourth-order valence-electron chi connectivity index (χ4n) is 2.17. The number of pyridine rings is 1. The van der Waals surface area contributed by atoms with Gasteiger partial charge >= 0.3 is 0 Å². The van der Waals surface area contributed by atoms with Crippen LogP contribution >= 0.6 is 0 Å². The van der Waals surface area contributed by atoms with Crippen LogP contribution in [-0.2, 0) is 4.79 Å². The molecule has 1 amide bonds. The number of rotatable bonds is 4. The van der Waals surface area contributed by atoms with Crippen LogP contribution in [0.4, 0.5) is 0 Å². The number of Topliss-reactive ketones (excluding diaryl/α,β-unsaturated/α-hetero) is 1. The number of fused-ring (bicyclic) bond motifs is 1. The second kappa shape index (κ2) is 5.36. The van der Waals surface area contributed by atoms with Gasteiger partial charge in [0.25, 0.3) is 0 Å². The molecule has 0 saturated carbocycles. The van der Waals surface area contributed by atoms with Crippen LogP contribution in [0.5, 0.6) is 5.75 Å². The van der Waals surface area contributed by atoms with Gasteiger partial charge in [-0.15, -0.1) is 0 Å². The number of methoxy groups -OCH3 is 1. The van der Waals surface area contributed by atoms with E-state index in [-0.39, 0.29) is 11.7 Å². The van der Waals surface area contributed by atoms with Crippen molar-refractivity contribution in [3.05, 3.63) is 36.2 Å². The number of carbonyl (C=O) groups is 2. The van der Waals surface area contributed by atoms with Gasteiger partial charge in [0.05, 0.1) is 18.7 Å². The molecule has 20 heavy (non-hydrogen) atoms. The first-order valence-electron chi connectivity index (χ1n) is 6.38. The largest absolute Gasteiger partial charge is 0.495 e. The van der Waals surface area contributed by atoms with Gasteiger partial charge in [0.15, 0.2) is 5.78 Å². The lowest BCUT2D eigenvalue weighted by molar-refractivity contribution is -0.128. The number of nitrogens with zero attached hydrogens (tertiary/aromatic N) is 2. The quantitative estimate of drug-likeness (QED) is 0.801. The smallest absolute Gasteiger partial charge is 0.219 e. The minimum absolute atomic E-state index is 0.102. The molecule has 106 valence electrons. The molecule has 0 saturated heterocycles. The average Bonchev–Trinajstić information content (AvgIpc) is 2.88. The molecule has 0 aliphatic carbocycles. The zero-order chi connectivity index (χ0) is 14.9. The SMILES string of the molecule is COc1cccn2ccc(C(=O)C(C)N(C)C(C)=O)c12. The Morgan fingerprint density at radius 3 is 2.60 bits per heavy atom. The predicted molar refractivity (Wildman–Crippen MR) is 76.2 cm³/mol. The van der Waals surface area contributed by atoms with Crippen LogP contribution in [0.15, 0.2) is 30.6 Å². The monoisotopic (exact) mass is 274 g/mol. The van der Waals surface area contributed by atoms with Crippen LogP contribution in [0.2, 0.25) is 0 Å². The molecule has 2 aromatic rings. The molecule has 0 bridgehead atoms. The Labute approximate surface area is 117 Å². The highest BCUT2D eigenvalue weighted by molar-refractivity contribution is 6.07. The highest BCUT2D eigenvalue weighted by Crippen LogP contribution is 2.25. The lowest BCUT2D eigenvalue weighted by atomic mass is 10.1. The summed E-state index contributed by atoms with van der Waals surface area (Å²) in [6.07, 6.45) is 3.67. The van der Waals surface area contributed by atoms with Crippen LogP contribution < -0.4 is 4.74 Å². The molecule has 0 fully saturated rings. The van der Waals surface area contributed by atoms with Gasteiger partial charge in [0.1, 0.15) is 5.75 Å². The molecule has 1 atom stereocenters. The lowest BCUT2D eigenvalue weighted by Gasteiger charge is -2.22. The van der Waals surface area contributed by atoms with E-state index in [2.05, 4.69) is 0 Å². The standard InChI is InChI=1S/C15H18N2O3/c1-10(16(3)11(2)18)15(19)12-7-9-17-8-5-6-13(20-4)14(12)17/h5-10H,1-4H3. The molecule has 0 aliphatic rings. The van der Waals surface area contributed by atoms with Gasteiger partial charge < -0.3 is 14.0 Å². The molecular formula is C15H18N2O3. The molecule has 2 rings (SSSR count). The highest BCUT2D eigenvalue weighted by Gasteiger charge is 2.24. The molecule has 1 unspecified atom stereocenters. The molecule has 0 aromatic carbocycles. The van der Waals surface area contributed by atoms with Crippen molar-refractivity contribution in [2.24, 2.45) is 0 Å². The van der Waals surface area contributed by atoms with E-state index >= 15 is 0 Å². The fourth-order valence-corrected chi connectivity index (χ4v) is 2.17. The highest BCUT2D eigenvalue weighted by atomic mass is 16.5. The van der Waals surface area contributed by atoms with E-state index < -0.39 is 6.04 Å². The molecule has 2 aromatic heterocycles. The van der Waals surface area contributed by atoms with Crippen molar-refractivity contribution in [2.75, 3.05) is 14.2 Å². The first kappa shape index (κ1) is 14.1. The van der Waals surface area contributed by atoms with Crippen molar-refractivity contribution in [1.29, 1.82) is 0 Å². The second-order valence-electron chi connectivity index (χ2n) is 4.73. The van der Waals surface area contributed by atoms with E-state index in [9.17, 15) is 9.59 Å². The van der Waals surface area contributed by atoms with Gasteiger partial charge in [-0.3, -0.25) is 9.59 Å². The molecule has 5 nitrogen and oxygen atoms in total. The Bertz CT molecular complexity index is 660. The normalized spacial score (nSPS) is 12.2. The summed E-state index contributed by atoms with van der Waals surface area (Å²) in [6, 6.07) is 4.91. The molecule has 0 aliphatic heterocycles. The van der Waals surface area contributed by atoms with E-state index in [1.807, 2.05) is 28.9 Å². The third-order valence-electron chi connectivity index (χ3n) is 3.59. The summed E-state index contributed by atoms with van der Waals surface area (Å²) >= 11 is 0. The Morgan fingerprint density at radius 2 is 2.00 bits per heavy atom. The van der Waals surface area contributed by atoms with Crippen molar-refractivity contribution in [1.82, 2.24) is 9.30 Å². The maximum Gasteiger partial charge on any atom is 0.219 e. The van der Waals surface area contributed by atoms with E-state index in [0.717, 1.165) is 5.52 Å². The average molecular weight is 274 g/mol. The number of aromatic nitrogens is 1. The van der Waals surface area contributed by atoms with Crippen LogP contribution in [0.25, 0.3) is 5.52 Å². The Kier molecular flexibility index (Phi) is 3.79. The molecule has 5 heteroatoms. The number of hydrogen-bond donors (Lipinski definition) is 0. The maximum atomic E-state index is 12.6. The fraction of sp³-hybridized carbons (Fsp3) is 0.333. The summed E-state index contributed by atoms with van der Waals surface area (Å²) in [5, 5.41) is 0. The number of ketones is 1. The molecular weight excluding hydrogens is 256 g/mol. The first-order chi connectivity index (χ1) is 9.47. The zero-order valence-electron chi connectivity index (χ0n) is 12.1. The molecule has 0 spiro atoms. The van der Waals surface area contributed by atoms with Gasteiger partial charge in [0, 0.05) is 31.9 Å². The summed E-state index contributed by atoms with van der Waals surface area (Å²) in [6.45, 7) is 3.17. The maximum absolute atomic E-state index is 12.6. The van der Waals surface area contributed by atoms with E-state index in [0.29, 0.717) is 11.3 Å². The van der Waals surface area contributed by atoms with Crippen LogP contribution in [0.1, 0.15) is 24.2 Å². The Hall–Kier alpha value is -2.30. The van der Waals surface area contributed by atoms with Crippen LogP contribution in [0.3, 0.4) is 0 Å². The number of amides is 1. The summed E-state index contributed by atoms with van der Waals surface area (Å²) in [5.74, 6) is 0.398. The topological polar surface area (TPSA) is 51.0 Å². The number of hydrogen-bond acceptors (Lipinski definition) is 3. The van der Waals surface area contributed by atoms with Crippen molar-refractivity contribution >= 4 is 17.2 Å². The van der Waals surface area contributed by atoms with Crippen LogP contribution in [0, 0.1) is 0 Å². The number of ether oxygens (including phenoxy) is 1. The Morgan fingerprint density at radius 1 is 1.30 bits per heavy atom. The summed E-state index contributed by atoms with van der Waals surface area (Å²) in [4.78, 5) is 25.4. The predicted octanol–water partition coefficient (Wildman–Crippen LogP) is 2.00.